The van der Waals surface area contributed by atoms with Gasteiger partial charge in [0.05, 0.1) is 16.9 Å². The third-order valence-corrected chi connectivity index (χ3v) is 3.46. The van der Waals surface area contributed by atoms with Gasteiger partial charge in [-0.05, 0) is 18.6 Å². The quantitative estimate of drug-likeness (QED) is 0.475. The van der Waals surface area contributed by atoms with Gasteiger partial charge < -0.3 is 0 Å². The molecule has 0 saturated carbocycles. The molecule has 3 nitrogen and oxygen atoms in total. The molecule has 2 aromatic rings. The zero-order valence-electron chi connectivity index (χ0n) is 9.22. The van der Waals surface area contributed by atoms with Crippen molar-refractivity contribution in [1.29, 1.82) is 0 Å². The Kier molecular flexibility index (Phi) is 4.77. The van der Waals surface area contributed by atoms with Crippen LogP contribution in [0.3, 0.4) is 0 Å². The first-order valence-corrected chi connectivity index (χ1v) is 7.04. The number of rotatable bonds is 5. The molecule has 0 saturated heterocycles. The van der Waals surface area contributed by atoms with Gasteiger partial charge in [0, 0.05) is 17.3 Å². The molecule has 0 bridgehead atoms. The van der Waals surface area contributed by atoms with Gasteiger partial charge in [-0.2, -0.15) is 8.78 Å². The maximum absolute atomic E-state index is 11.8. The standard InChI is InChI=1S/C11H9F2N3S2/c12-10(13)2-1-5-18-11-14-4-3-8(16-11)9-6-17-7-15-9/h2-4,6-7H,1,5H2. The predicted molar refractivity (Wildman–Crippen MR) is 68.8 cm³/mol. The van der Waals surface area contributed by atoms with Crippen molar-refractivity contribution in [3.63, 3.8) is 0 Å². The van der Waals surface area contributed by atoms with Crippen LogP contribution in [0.5, 0.6) is 0 Å². The third kappa shape index (κ3) is 3.85. The zero-order chi connectivity index (χ0) is 12.8. The van der Waals surface area contributed by atoms with Crippen molar-refractivity contribution in [2.75, 3.05) is 5.75 Å². The summed E-state index contributed by atoms with van der Waals surface area (Å²) in [5.74, 6) is 0.526. The Morgan fingerprint density at radius 3 is 2.94 bits per heavy atom. The monoisotopic (exact) mass is 285 g/mol. The summed E-state index contributed by atoms with van der Waals surface area (Å²) in [6, 6.07) is 1.78. The summed E-state index contributed by atoms with van der Waals surface area (Å²) >= 11 is 2.84. The van der Waals surface area contributed by atoms with E-state index in [1.807, 2.05) is 5.38 Å². The normalized spacial score (nSPS) is 10.3. The lowest BCUT2D eigenvalue weighted by molar-refractivity contribution is 0.418. The summed E-state index contributed by atoms with van der Waals surface area (Å²) in [7, 11) is 0. The van der Waals surface area contributed by atoms with E-state index in [2.05, 4.69) is 15.0 Å². The minimum atomic E-state index is -1.65. The van der Waals surface area contributed by atoms with Gasteiger partial charge >= 0.3 is 0 Å². The lowest BCUT2D eigenvalue weighted by Crippen LogP contribution is -1.90. The van der Waals surface area contributed by atoms with Gasteiger partial charge in [-0.25, -0.2) is 15.0 Å². The second-order valence-electron chi connectivity index (χ2n) is 3.23. The van der Waals surface area contributed by atoms with Crippen LogP contribution in [0.15, 0.2) is 40.5 Å². The average Bonchev–Trinajstić information content (AvgIpc) is 2.89. The topological polar surface area (TPSA) is 38.7 Å². The summed E-state index contributed by atoms with van der Waals surface area (Å²) in [5, 5.41) is 2.48. The smallest absolute Gasteiger partial charge is 0.243 e. The molecule has 2 aromatic heterocycles. The molecule has 0 aliphatic rings. The van der Waals surface area contributed by atoms with Crippen LogP contribution in [0.25, 0.3) is 11.4 Å². The molecule has 18 heavy (non-hydrogen) atoms. The van der Waals surface area contributed by atoms with Crippen molar-refractivity contribution in [3.05, 3.63) is 35.3 Å². The van der Waals surface area contributed by atoms with Gasteiger partial charge in [0.1, 0.15) is 0 Å². The Balaban J connectivity index is 1.98. The Bertz CT molecular complexity index is 525. The molecule has 0 aliphatic heterocycles. The van der Waals surface area contributed by atoms with Crippen LogP contribution in [0.2, 0.25) is 0 Å². The van der Waals surface area contributed by atoms with Crippen LogP contribution in [0.4, 0.5) is 8.78 Å². The summed E-state index contributed by atoms with van der Waals surface area (Å²) in [4.78, 5) is 12.6. The van der Waals surface area contributed by atoms with Crippen LogP contribution in [0, 0.1) is 0 Å². The average molecular weight is 285 g/mol. The Morgan fingerprint density at radius 1 is 1.33 bits per heavy atom. The molecule has 0 radical (unpaired) electrons. The van der Waals surface area contributed by atoms with E-state index in [0.29, 0.717) is 17.3 Å². The van der Waals surface area contributed by atoms with Gasteiger partial charge in [-0.3, -0.25) is 0 Å². The minimum absolute atomic E-state index is 0.303. The van der Waals surface area contributed by atoms with Crippen molar-refractivity contribution < 1.29 is 8.78 Å². The first-order valence-electron chi connectivity index (χ1n) is 5.11. The second-order valence-corrected chi connectivity index (χ2v) is 5.01. The lowest BCUT2D eigenvalue weighted by Gasteiger charge is -2.00. The number of halogens is 2. The molecule has 0 aliphatic carbocycles. The van der Waals surface area contributed by atoms with Crippen molar-refractivity contribution in [1.82, 2.24) is 15.0 Å². The van der Waals surface area contributed by atoms with E-state index < -0.39 is 6.08 Å². The van der Waals surface area contributed by atoms with E-state index in [1.54, 1.807) is 17.8 Å². The number of hydrogen-bond donors (Lipinski definition) is 0. The largest absolute Gasteiger partial charge is 0.266 e. The Hall–Kier alpha value is -1.34. The molecule has 2 rings (SSSR count). The van der Waals surface area contributed by atoms with Crippen molar-refractivity contribution >= 4 is 23.1 Å². The lowest BCUT2D eigenvalue weighted by atomic mass is 10.3. The summed E-state index contributed by atoms with van der Waals surface area (Å²) in [6.07, 6.45) is 1.21. The van der Waals surface area contributed by atoms with Gasteiger partial charge in [-0.15, -0.1) is 11.3 Å². The first-order chi connectivity index (χ1) is 8.75. The maximum atomic E-state index is 11.8. The molecule has 0 atom stereocenters. The fourth-order valence-electron chi connectivity index (χ4n) is 1.21. The molecular weight excluding hydrogens is 276 g/mol. The highest BCUT2D eigenvalue weighted by Crippen LogP contribution is 2.20. The van der Waals surface area contributed by atoms with Crippen molar-refractivity contribution in [2.24, 2.45) is 0 Å². The number of aromatic nitrogens is 3. The minimum Gasteiger partial charge on any atom is -0.243 e. The highest BCUT2D eigenvalue weighted by atomic mass is 32.2. The molecule has 2 heterocycles. The van der Waals surface area contributed by atoms with Gasteiger partial charge in [0.25, 0.3) is 6.08 Å². The fourth-order valence-corrected chi connectivity index (χ4v) is 2.47. The van der Waals surface area contributed by atoms with Gasteiger partial charge in [0.2, 0.25) is 0 Å². The van der Waals surface area contributed by atoms with Gasteiger partial charge in [0.15, 0.2) is 5.16 Å². The van der Waals surface area contributed by atoms with E-state index in [9.17, 15) is 8.78 Å². The van der Waals surface area contributed by atoms with E-state index >= 15 is 0 Å². The number of thioether (sulfide) groups is 1. The molecule has 0 amide bonds. The molecule has 0 fully saturated rings. The molecular formula is C11H9F2N3S2. The van der Waals surface area contributed by atoms with Crippen LogP contribution in [-0.2, 0) is 0 Å². The maximum Gasteiger partial charge on any atom is 0.266 e. The third-order valence-electron chi connectivity index (χ3n) is 1.98. The molecule has 0 N–H and O–H groups in total. The predicted octanol–water partition coefficient (Wildman–Crippen LogP) is 3.86. The Labute approximate surface area is 111 Å². The van der Waals surface area contributed by atoms with Crippen LogP contribution in [-0.4, -0.2) is 20.7 Å². The van der Waals surface area contributed by atoms with Gasteiger partial charge in [-0.1, -0.05) is 11.8 Å². The van der Waals surface area contributed by atoms with Crippen molar-refractivity contribution in [3.8, 4) is 11.4 Å². The fraction of sp³-hybridized carbons (Fsp3) is 0.182. The SMILES string of the molecule is FC(F)=CCCSc1nccc(-c2cscn2)n1. The zero-order valence-corrected chi connectivity index (χ0v) is 10.8. The molecule has 0 unspecified atom stereocenters. The van der Waals surface area contributed by atoms with Crippen molar-refractivity contribution in [2.45, 2.75) is 11.6 Å². The highest BCUT2D eigenvalue weighted by molar-refractivity contribution is 7.99. The Morgan fingerprint density at radius 2 is 2.22 bits per heavy atom. The molecule has 0 aromatic carbocycles. The summed E-state index contributed by atoms with van der Waals surface area (Å²) in [6.45, 7) is 0. The summed E-state index contributed by atoms with van der Waals surface area (Å²) in [5.41, 5.74) is 3.29. The van der Waals surface area contributed by atoms with E-state index in [1.165, 1.54) is 23.1 Å². The van der Waals surface area contributed by atoms with Crippen LogP contribution < -0.4 is 0 Å². The van der Waals surface area contributed by atoms with Crippen LogP contribution >= 0.6 is 23.1 Å². The highest BCUT2D eigenvalue weighted by Gasteiger charge is 2.04. The summed E-state index contributed by atoms with van der Waals surface area (Å²) < 4.78 is 23.6. The van der Waals surface area contributed by atoms with E-state index in [0.717, 1.165) is 17.5 Å². The number of allylic oxidation sites excluding steroid dienone is 1. The van der Waals surface area contributed by atoms with Crippen LogP contribution in [0.1, 0.15) is 6.42 Å². The molecule has 94 valence electrons. The molecule has 0 spiro atoms. The molecule has 7 heteroatoms. The second kappa shape index (κ2) is 6.55. The number of hydrogen-bond acceptors (Lipinski definition) is 5. The van der Waals surface area contributed by atoms with E-state index in [-0.39, 0.29) is 0 Å². The van der Waals surface area contributed by atoms with E-state index in [4.69, 9.17) is 0 Å². The number of thiazole rings is 1. The number of nitrogens with zero attached hydrogens (tertiary/aromatic N) is 3. The first kappa shape index (κ1) is 13.1.